The maximum atomic E-state index is 12.5. The number of methoxy groups -OCH3 is 1. The standard InChI is InChI=1S/C32H21ClN2O8/c1-42-27-10-6-15-3-2-4-23(29(15)35-27)34-14-21-24(36)9-8-18-28(19-11-16(31(38)39)5-7-17(19)32(40)41)20-12-22(33)25(37)13-26(20)43-30(18)21/h2-13,34,36H,14H2,1H3,(H,38,39)(H,40,41). The van der Waals surface area contributed by atoms with Crippen molar-refractivity contribution in [1.82, 2.24) is 4.98 Å². The van der Waals surface area contributed by atoms with Gasteiger partial charge in [0.05, 0.1) is 40.0 Å². The van der Waals surface area contributed by atoms with Crippen LogP contribution in [-0.2, 0) is 6.54 Å². The van der Waals surface area contributed by atoms with Gasteiger partial charge in [0.15, 0.2) is 0 Å². The Morgan fingerprint density at radius 1 is 0.977 bits per heavy atom. The van der Waals surface area contributed by atoms with E-state index >= 15 is 0 Å². The molecule has 1 aliphatic carbocycles. The number of benzene rings is 4. The van der Waals surface area contributed by atoms with Gasteiger partial charge in [-0.15, -0.1) is 0 Å². The molecule has 11 heteroatoms. The van der Waals surface area contributed by atoms with Crippen LogP contribution in [0.4, 0.5) is 5.69 Å². The number of nitrogens with one attached hydrogen (secondary N) is 1. The molecule has 4 N–H and O–H groups in total. The third kappa shape index (κ3) is 4.83. The summed E-state index contributed by atoms with van der Waals surface area (Å²) in [5.41, 5.74) is 1.51. The largest absolute Gasteiger partial charge is 0.507 e. The maximum Gasteiger partial charge on any atom is 0.336 e. The van der Waals surface area contributed by atoms with Crippen molar-refractivity contribution in [2.75, 3.05) is 12.4 Å². The highest BCUT2D eigenvalue weighted by Gasteiger charge is 2.26. The van der Waals surface area contributed by atoms with E-state index in [4.69, 9.17) is 20.8 Å². The Balaban J connectivity index is 1.62. The van der Waals surface area contributed by atoms with Gasteiger partial charge >= 0.3 is 11.9 Å². The van der Waals surface area contributed by atoms with Crippen LogP contribution in [0.2, 0.25) is 5.02 Å². The highest BCUT2D eigenvalue weighted by atomic mass is 35.5. The van der Waals surface area contributed by atoms with E-state index in [1.165, 1.54) is 49.6 Å². The van der Waals surface area contributed by atoms with Crippen molar-refractivity contribution in [3.05, 3.63) is 105 Å². The van der Waals surface area contributed by atoms with Crippen LogP contribution >= 0.6 is 11.6 Å². The number of carboxylic acids is 2. The summed E-state index contributed by atoms with van der Waals surface area (Å²) in [7, 11) is 1.52. The molecular weight excluding hydrogens is 576 g/mol. The van der Waals surface area contributed by atoms with Gasteiger partial charge in [0.25, 0.3) is 0 Å². The van der Waals surface area contributed by atoms with Crippen molar-refractivity contribution >= 4 is 51.1 Å². The highest BCUT2D eigenvalue weighted by molar-refractivity contribution is 6.31. The summed E-state index contributed by atoms with van der Waals surface area (Å²) < 4.78 is 11.5. The van der Waals surface area contributed by atoms with Crippen molar-refractivity contribution in [1.29, 1.82) is 0 Å². The third-order valence-electron chi connectivity index (χ3n) is 7.15. The van der Waals surface area contributed by atoms with Crippen LogP contribution in [-0.4, -0.2) is 39.4 Å². The summed E-state index contributed by atoms with van der Waals surface area (Å²) in [5.74, 6) is -2.19. The van der Waals surface area contributed by atoms with Crippen LogP contribution in [0.25, 0.3) is 44.3 Å². The summed E-state index contributed by atoms with van der Waals surface area (Å²) in [4.78, 5) is 41.2. The number of hydrogen-bond donors (Lipinski definition) is 4. The molecule has 43 heavy (non-hydrogen) atoms. The third-order valence-corrected chi connectivity index (χ3v) is 7.44. The van der Waals surface area contributed by atoms with Gasteiger partial charge < -0.3 is 29.8 Å². The van der Waals surface area contributed by atoms with Crippen molar-refractivity contribution in [3.63, 3.8) is 0 Å². The summed E-state index contributed by atoms with van der Waals surface area (Å²) in [6.07, 6.45) is 0. The number of carboxylic acid groups (broad SMARTS) is 2. The van der Waals surface area contributed by atoms with E-state index in [9.17, 15) is 29.7 Å². The van der Waals surface area contributed by atoms with Crippen LogP contribution in [0.3, 0.4) is 0 Å². The fraction of sp³-hybridized carbons (Fsp3) is 0.0625. The van der Waals surface area contributed by atoms with Crippen LogP contribution in [0.15, 0.2) is 82.0 Å². The topological polar surface area (TPSA) is 159 Å². The van der Waals surface area contributed by atoms with Gasteiger partial charge in [-0.05, 0) is 54.1 Å². The second-order valence-corrected chi connectivity index (χ2v) is 10.1. The molecule has 0 amide bonds. The number of aromatic hydroxyl groups is 1. The Morgan fingerprint density at radius 3 is 2.53 bits per heavy atom. The molecule has 0 fully saturated rings. The van der Waals surface area contributed by atoms with E-state index in [2.05, 4.69) is 10.3 Å². The Labute approximate surface area is 247 Å². The first-order chi connectivity index (χ1) is 20.7. The van der Waals surface area contributed by atoms with Crippen LogP contribution in [0.5, 0.6) is 11.6 Å². The predicted octanol–water partition coefficient (Wildman–Crippen LogP) is 6.49. The number of carbonyl (C=O) groups is 2. The number of phenols is 1. The molecule has 0 saturated carbocycles. The van der Waals surface area contributed by atoms with Crippen LogP contribution in [0.1, 0.15) is 26.3 Å². The quantitative estimate of drug-likeness (QED) is 0.150. The molecule has 0 unspecified atom stereocenters. The van der Waals surface area contributed by atoms with Gasteiger partial charge in [-0.25, -0.2) is 14.6 Å². The molecule has 2 aliphatic rings. The lowest BCUT2D eigenvalue weighted by atomic mass is 9.89. The van der Waals surface area contributed by atoms with E-state index in [0.29, 0.717) is 28.0 Å². The van der Waals surface area contributed by atoms with Crippen LogP contribution < -0.4 is 15.5 Å². The number of ether oxygens (including phenoxy) is 1. The Hall–Kier alpha value is -5.61. The lowest BCUT2D eigenvalue weighted by Gasteiger charge is -2.20. The van der Waals surface area contributed by atoms with Gasteiger partial charge in [0.2, 0.25) is 11.3 Å². The SMILES string of the molecule is COc1ccc2cccc(NCc3c(O)ccc4c(-c5cc(C(=O)O)ccc5C(=O)O)c5cc(Cl)c(=O)cc-5oc34)c2n1. The molecule has 0 atom stereocenters. The van der Waals surface area contributed by atoms with E-state index in [1.807, 2.05) is 24.3 Å². The Morgan fingerprint density at radius 2 is 1.79 bits per heavy atom. The number of halogens is 1. The predicted molar refractivity (Wildman–Crippen MR) is 161 cm³/mol. The average molecular weight is 597 g/mol. The summed E-state index contributed by atoms with van der Waals surface area (Å²) in [6, 6.07) is 18.3. The average Bonchev–Trinajstić information content (AvgIpc) is 2.99. The Kier molecular flexibility index (Phi) is 6.83. The molecule has 0 radical (unpaired) electrons. The van der Waals surface area contributed by atoms with Crippen molar-refractivity contribution in [2.24, 2.45) is 0 Å². The summed E-state index contributed by atoms with van der Waals surface area (Å²) in [6.45, 7) is 0.0361. The van der Waals surface area contributed by atoms with Gasteiger partial charge in [-0.3, -0.25) is 4.79 Å². The lowest BCUT2D eigenvalue weighted by Crippen LogP contribution is -2.07. The number of pyridine rings is 1. The molecule has 1 aromatic heterocycles. The second-order valence-electron chi connectivity index (χ2n) is 9.65. The normalized spacial score (nSPS) is 11.2. The molecule has 3 aromatic carbocycles. The number of aromatic nitrogens is 1. The zero-order valence-corrected chi connectivity index (χ0v) is 23.1. The second kappa shape index (κ2) is 10.7. The zero-order chi connectivity index (χ0) is 30.4. The van der Waals surface area contributed by atoms with Gasteiger partial charge in [0, 0.05) is 40.6 Å². The van der Waals surface area contributed by atoms with E-state index in [0.717, 1.165) is 5.39 Å². The first-order valence-electron chi connectivity index (χ1n) is 12.9. The van der Waals surface area contributed by atoms with Crippen LogP contribution in [0, 0.1) is 0 Å². The maximum absolute atomic E-state index is 12.5. The molecule has 214 valence electrons. The molecule has 4 aromatic rings. The number of nitrogens with zero attached hydrogens (tertiary/aromatic N) is 1. The fourth-order valence-corrected chi connectivity index (χ4v) is 5.26. The van der Waals surface area contributed by atoms with Crippen molar-refractivity contribution in [3.8, 4) is 34.1 Å². The number of aromatic carboxylic acids is 2. The van der Waals surface area contributed by atoms with Crippen molar-refractivity contribution in [2.45, 2.75) is 6.54 Å². The number of fused-ring (bicyclic) bond motifs is 3. The van der Waals surface area contributed by atoms with Gasteiger partial charge in [-0.2, -0.15) is 0 Å². The number of phenolic OH excluding ortho intramolecular Hbond substituents is 1. The van der Waals surface area contributed by atoms with Crippen molar-refractivity contribution < 1.29 is 34.1 Å². The minimum atomic E-state index is -1.29. The molecule has 1 aliphatic heterocycles. The van der Waals surface area contributed by atoms with E-state index < -0.39 is 17.4 Å². The summed E-state index contributed by atoms with van der Waals surface area (Å²) in [5, 5.41) is 35.0. The van der Waals surface area contributed by atoms with Gasteiger partial charge in [0.1, 0.15) is 17.1 Å². The molecule has 0 saturated heterocycles. The number of para-hydroxylation sites is 1. The monoisotopic (exact) mass is 596 g/mol. The molecule has 6 rings (SSSR count). The molecule has 2 heterocycles. The zero-order valence-electron chi connectivity index (χ0n) is 22.3. The number of anilines is 1. The minimum absolute atomic E-state index is 0.0361. The van der Waals surface area contributed by atoms with E-state index in [-0.39, 0.29) is 56.5 Å². The van der Waals surface area contributed by atoms with E-state index in [1.54, 1.807) is 6.07 Å². The Bertz CT molecular complexity index is 2140. The van der Waals surface area contributed by atoms with Gasteiger partial charge in [-0.1, -0.05) is 23.7 Å². The molecular formula is C32H21ClN2O8. The molecule has 10 nitrogen and oxygen atoms in total. The number of hydrogen-bond acceptors (Lipinski definition) is 8. The minimum Gasteiger partial charge on any atom is -0.507 e. The molecule has 0 bridgehead atoms. The first kappa shape index (κ1) is 27.6. The highest BCUT2D eigenvalue weighted by Crippen LogP contribution is 2.44. The summed E-state index contributed by atoms with van der Waals surface area (Å²) >= 11 is 6.20. The smallest absolute Gasteiger partial charge is 0.336 e. The first-order valence-corrected chi connectivity index (χ1v) is 13.2. The fourth-order valence-electron chi connectivity index (χ4n) is 5.10. The molecule has 0 spiro atoms. The number of rotatable bonds is 7. The lowest BCUT2D eigenvalue weighted by molar-refractivity contribution is 0.0682.